The number of phenols is 1. The maximum absolute atomic E-state index is 13.5. The molecule has 0 saturated carbocycles. The van der Waals surface area contributed by atoms with Gasteiger partial charge in [-0.1, -0.05) is 12.1 Å². The number of phenolic OH excluding ortho intramolecular Hbond substituents is 1. The van der Waals surface area contributed by atoms with E-state index in [0.717, 1.165) is 17.7 Å². The molecule has 0 unspecified atom stereocenters. The summed E-state index contributed by atoms with van der Waals surface area (Å²) in [7, 11) is -4.19. The van der Waals surface area contributed by atoms with Gasteiger partial charge in [-0.3, -0.25) is 4.72 Å². The lowest BCUT2D eigenvalue weighted by Crippen LogP contribution is -2.15. The molecule has 0 bridgehead atoms. The molecule has 0 aliphatic rings. The largest absolute Gasteiger partial charge is 0.506 e. The van der Waals surface area contributed by atoms with E-state index in [0.29, 0.717) is 0 Å². The van der Waals surface area contributed by atoms with Gasteiger partial charge in [-0.15, -0.1) is 0 Å². The second-order valence-corrected chi connectivity index (χ2v) is 6.00. The Labute approximate surface area is 121 Å². The highest BCUT2D eigenvalue weighted by atomic mass is 32.2. The van der Waals surface area contributed by atoms with Gasteiger partial charge in [0.2, 0.25) is 0 Å². The third-order valence-corrected chi connectivity index (χ3v) is 4.18. The Kier molecular flexibility index (Phi) is 3.82. The van der Waals surface area contributed by atoms with Gasteiger partial charge in [0.25, 0.3) is 10.0 Å². The van der Waals surface area contributed by atoms with Crippen LogP contribution in [0.15, 0.2) is 41.3 Å². The minimum atomic E-state index is -4.19. The molecule has 0 fully saturated rings. The number of hydrogen-bond acceptors (Lipinski definition) is 4. The first kappa shape index (κ1) is 14.8. The van der Waals surface area contributed by atoms with E-state index in [1.807, 2.05) is 0 Å². The van der Waals surface area contributed by atoms with E-state index in [9.17, 15) is 17.9 Å². The van der Waals surface area contributed by atoms with E-state index in [2.05, 4.69) is 4.72 Å². The van der Waals surface area contributed by atoms with Crippen LogP contribution in [0.4, 0.5) is 10.1 Å². The number of nitrogens with one attached hydrogen (secondary N) is 1. The van der Waals surface area contributed by atoms with E-state index in [1.165, 1.54) is 24.3 Å². The van der Waals surface area contributed by atoms with Crippen molar-refractivity contribution in [1.29, 1.82) is 5.26 Å². The molecule has 0 heterocycles. The summed E-state index contributed by atoms with van der Waals surface area (Å²) >= 11 is 0. The lowest BCUT2D eigenvalue weighted by atomic mass is 10.2. The van der Waals surface area contributed by atoms with E-state index >= 15 is 0 Å². The van der Waals surface area contributed by atoms with Crippen LogP contribution < -0.4 is 4.72 Å². The molecule has 0 aromatic heterocycles. The lowest BCUT2D eigenvalue weighted by Gasteiger charge is -2.11. The van der Waals surface area contributed by atoms with Gasteiger partial charge in [-0.05, 0) is 36.8 Å². The van der Waals surface area contributed by atoms with Crippen molar-refractivity contribution in [2.45, 2.75) is 11.8 Å². The van der Waals surface area contributed by atoms with Crippen LogP contribution in [-0.2, 0) is 10.0 Å². The van der Waals surface area contributed by atoms with Crippen LogP contribution in [0.5, 0.6) is 5.75 Å². The first-order valence-electron chi connectivity index (χ1n) is 5.86. The van der Waals surface area contributed by atoms with Gasteiger partial charge in [0.1, 0.15) is 28.1 Å². The molecule has 0 radical (unpaired) electrons. The Balaban J connectivity index is 2.49. The highest BCUT2D eigenvalue weighted by molar-refractivity contribution is 7.92. The number of rotatable bonds is 3. The average Bonchev–Trinajstić information content (AvgIpc) is 2.41. The number of nitriles is 1. The zero-order valence-electron chi connectivity index (χ0n) is 11.0. The minimum Gasteiger partial charge on any atom is -0.506 e. The second-order valence-electron chi connectivity index (χ2n) is 4.35. The summed E-state index contributed by atoms with van der Waals surface area (Å²) in [5.74, 6) is -1.18. The standard InChI is InChI=1S/C14H11FN2O3S/c1-9-5-6-12(13(18)7-9)17-21(19,20)14-4-2-3-11(15)10(14)8-16/h2-7,17-18H,1H3. The van der Waals surface area contributed by atoms with Gasteiger partial charge < -0.3 is 5.11 Å². The number of hydrogen-bond donors (Lipinski definition) is 2. The maximum atomic E-state index is 13.5. The third kappa shape index (κ3) is 2.95. The lowest BCUT2D eigenvalue weighted by molar-refractivity contribution is 0.477. The van der Waals surface area contributed by atoms with Crippen molar-refractivity contribution in [3.63, 3.8) is 0 Å². The predicted octanol–water partition coefficient (Wildman–Crippen LogP) is 2.51. The molecule has 0 atom stereocenters. The predicted molar refractivity (Wildman–Crippen MR) is 74.8 cm³/mol. The molecule has 7 heteroatoms. The summed E-state index contributed by atoms with van der Waals surface area (Å²) in [6, 6.07) is 9.21. The topological polar surface area (TPSA) is 90.2 Å². The highest BCUT2D eigenvalue weighted by Gasteiger charge is 2.22. The molecule has 5 nitrogen and oxygen atoms in total. The summed E-state index contributed by atoms with van der Waals surface area (Å²) in [4.78, 5) is -0.482. The molecule has 0 amide bonds. The fraction of sp³-hybridized carbons (Fsp3) is 0.0714. The van der Waals surface area contributed by atoms with Gasteiger partial charge in [0, 0.05) is 0 Å². The normalized spacial score (nSPS) is 10.9. The van der Waals surface area contributed by atoms with Crippen molar-refractivity contribution >= 4 is 15.7 Å². The van der Waals surface area contributed by atoms with Crippen LogP contribution in [0, 0.1) is 24.1 Å². The van der Waals surface area contributed by atoms with E-state index < -0.39 is 26.3 Å². The third-order valence-electron chi connectivity index (χ3n) is 2.77. The molecule has 0 spiro atoms. The van der Waals surface area contributed by atoms with E-state index in [4.69, 9.17) is 5.26 Å². The van der Waals surface area contributed by atoms with Crippen molar-refractivity contribution in [1.82, 2.24) is 0 Å². The molecule has 108 valence electrons. The van der Waals surface area contributed by atoms with Gasteiger partial charge in [-0.2, -0.15) is 5.26 Å². The van der Waals surface area contributed by atoms with Crippen LogP contribution in [0.25, 0.3) is 0 Å². The quantitative estimate of drug-likeness (QED) is 0.853. The molecule has 2 N–H and O–H groups in total. The summed E-state index contributed by atoms with van der Waals surface area (Å²) in [6.45, 7) is 1.73. The molecule has 0 aliphatic heterocycles. The Morgan fingerprint density at radius 2 is 2.00 bits per heavy atom. The number of benzene rings is 2. The van der Waals surface area contributed by atoms with Crippen LogP contribution in [0.2, 0.25) is 0 Å². The number of aromatic hydroxyl groups is 1. The van der Waals surface area contributed by atoms with Crippen molar-refractivity contribution in [2.24, 2.45) is 0 Å². The van der Waals surface area contributed by atoms with Gasteiger partial charge in [0.05, 0.1) is 5.69 Å². The molecule has 0 saturated heterocycles. The zero-order valence-corrected chi connectivity index (χ0v) is 11.8. The number of anilines is 1. The Morgan fingerprint density at radius 1 is 1.29 bits per heavy atom. The molecule has 2 aromatic carbocycles. The van der Waals surface area contributed by atoms with Crippen LogP contribution >= 0.6 is 0 Å². The van der Waals surface area contributed by atoms with E-state index in [-0.39, 0.29) is 11.4 Å². The fourth-order valence-corrected chi connectivity index (χ4v) is 3.01. The monoisotopic (exact) mass is 306 g/mol. The Hall–Kier alpha value is -2.59. The Bertz CT molecular complexity index is 842. The Morgan fingerprint density at radius 3 is 2.62 bits per heavy atom. The summed E-state index contributed by atoms with van der Waals surface area (Å²) in [5.41, 5.74) is 0.129. The van der Waals surface area contributed by atoms with Gasteiger partial charge >= 0.3 is 0 Å². The van der Waals surface area contributed by atoms with E-state index in [1.54, 1.807) is 13.0 Å². The highest BCUT2D eigenvalue weighted by Crippen LogP contribution is 2.28. The molecule has 2 rings (SSSR count). The fourth-order valence-electron chi connectivity index (χ4n) is 1.76. The SMILES string of the molecule is Cc1ccc(NS(=O)(=O)c2cccc(F)c2C#N)c(O)c1. The number of halogens is 1. The first-order valence-corrected chi connectivity index (χ1v) is 7.34. The van der Waals surface area contributed by atoms with Crippen molar-refractivity contribution in [3.05, 3.63) is 53.3 Å². The smallest absolute Gasteiger partial charge is 0.263 e. The van der Waals surface area contributed by atoms with Crippen molar-refractivity contribution in [3.8, 4) is 11.8 Å². The molecular formula is C14H11FN2O3S. The van der Waals surface area contributed by atoms with Crippen molar-refractivity contribution < 1.29 is 17.9 Å². The molecule has 21 heavy (non-hydrogen) atoms. The number of nitrogens with zero attached hydrogens (tertiary/aromatic N) is 1. The second kappa shape index (κ2) is 5.42. The number of sulfonamides is 1. The van der Waals surface area contributed by atoms with Crippen LogP contribution in [-0.4, -0.2) is 13.5 Å². The summed E-state index contributed by atoms with van der Waals surface area (Å²) in [6.07, 6.45) is 0. The van der Waals surface area contributed by atoms with Crippen LogP contribution in [0.1, 0.15) is 11.1 Å². The van der Waals surface area contributed by atoms with Crippen LogP contribution in [0.3, 0.4) is 0 Å². The van der Waals surface area contributed by atoms with Gasteiger partial charge in [0.15, 0.2) is 0 Å². The van der Waals surface area contributed by atoms with Crippen molar-refractivity contribution in [2.75, 3.05) is 4.72 Å². The van der Waals surface area contributed by atoms with Gasteiger partial charge in [-0.25, -0.2) is 12.8 Å². The summed E-state index contributed by atoms with van der Waals surface area (Å²) in [5, 5.41) is 18.6. The maximum Gasteiger partial charge on any atom is 0.263 e. The number of aryl methyl sites for hydroxylation is 1. The zero-order chi connectivity index (χ0) is 15.6. The summed E-state index contributed by atoms with van der Waals surface area (Å²) < 4.78 is 40.1. The minimum absolute atomic E-state index is 0.0475. The molecular weight excluding hydrogens is 295 g/mol. The first-order chi connectivity index (χ1) is 9.85. The average molecular weight is 306 g/mol. The molecule has 2 aromatic rings. The molecule has 0 aliphatic carbocycles.